The third-order valence-electron chi connectivity index (χ3n) is 3.16. The van der Waals surface area contributed by atoms with Crippen LogP contribution in [0.25, 0.3) is 0 Å². The minimum atomic E-state index is -0.591. The van der Waals surface area contributed by atoms with E-state index in [0.29, 0.717) is 24.5 Å². The summed E-state index contributed by atoms with van der Waals surface area (Å²) in [6, 6.07) is 2.58. The van der Waals surface area contributed by atoms with Crippen LogP contribution >= 0.6 is 0 Å². The SMILES string of the molecule is COC(=O)c1cc2c(cc1NC(=O)N(C)CCCO)OCO2. The molecule has 1 aromatic carbocycles. The zero-order valence-corrected chi connectivity index (χ0v) is 12.4. The smallest absolute Gasteiger partial charge is 0.340 e. The number of carbonyl (C=O) groups excluding carboxylic acids is 2. The Balaban J connectivity index is 2.22. The summed E-state index contributed by atoms with van der Waals surface area (Å²) in [5.74, 6) is 0.277. The van der Waals surface area contributed by atoms with Gasteiger partial charge in [-0.25, -0.2) is 9.59 Å². The molecule has 0 bridgehead atoms. The van der Waals surface area contributed by atoms with Crippen LogP contribution in [-0.4, -0.2) is 56.1 Å². The Kier molecular flexibility index (Phi) is 5.05. The van der Waals surface area contributed by atoms with Crippen LogP contribution in [0.3, 0.4) is 0 Å². The van der Waals surface area contributed by atoms with Crippen LogP contribution in [0, 0.1) is 0 Å². The first-order chi connectivity index (χ1) is 10.6. The van der Waals surface area contributed by atoms with Gasteiger partial charge in [-0.2, -0.15) is 0 Å². The maximum Gasteiger partial charge on any atom is 0.340 e. The van der Waals surface area contributed by atoms with E-state index in [-0.39, 0.29) is 24.7 Å². The van der Waals surface area contributed by atoms with Gasteiger partial charge in [0.1, 0.15) is 0 Å². The molecule has 1 heterocycles. The Morgan fingerprint density at radius 1 is 1.36 bits per heavy atom. The van der Waals surface area contributed by atoms with E-state index in [1.54, 1.807) is 7.05 Å². The molecule has 8 nitrogen and oxygen atoms in total. The highest BCUT2D eigenvalue weighted by atomic mass is 16.7. The average Bonchev–Trinajstić information content (AvgIpc) is 2.98. The van der Waals surface area contributed by atoms with Crippen LogP contribution < -0.4 is 14.8 Å². The van der Waals surface area contributed by atoms with Crippen molar-refractivity contribution >= 4 is 17.7 Å². The van der Waals surface area contributed by atoms with Gasteiger partial charge in [-0.1, -0.05) is 0 Å². The molecule has 2 rings (SSSR count). The van der Waals surface area contributed by atoms with E-state index < -0.39 is 12.0 Å². The maximum atomic E-state index is 12.1. The second kappa shape index (κ2) is 6.99. The number of anilines is 1. The third kappa shape index (κ3) is 3.40. The van der Waals surface area contributed by atoms with Gasteiger partial charge in [-0.05, 0) is 6.42 Å². The molecule has 0 saturated carbocycles. The van der Waals surface area contributed by atoms with Crippen LogP contribution in [0.5, 0.6) is 11.5 Å². The zero-order valence-electron chi connectivity index (χ0n) is 12.4. The topological polar surface area (TPSA) is 97.3 Å². The van der Waals surface area contributed by atoms with Gasteiger partial charge in [0.05, 0.1) is 18.4 Å². The quantitative estimate of drug-likeness (QED) is 0.789. The molecule has 2 amide bonds. The molecule has 0 spiro atoms. The lowest BCUT2D eigenvalue weighted by molar-refractivity contribution is 0.0601. The molecule has 0 saturated heterocycles. The number of benzene rings is 1. The molecule has 2 N–H and O–H groups in total. The summed E-state index contributed by atoms with van der Waals surface area (Å²) in [6.45, 7) is 0.444. The summed E-state index contributed by atoms with van der Waals surface area (Å²) in [5.41, 5.74) is 0.451. The number of aliphatic hydroxyl groups excluding tert-OH is 1. The fraction of sp³-hybridized carbons (Fsp3) is 0.429. The highest BCUT2D eigenvalue weighted by Crippen LogP contribution is 2.37. The van der Waals surface area contributed by atoms with Gasteiger partial charge in [0.2, 0.25) is 6.79 Å². The molecule has 1 aliphatic heterocycles. The largest absolute Gasteiger partial charge is 0.465 e. The summed E-state index contributed by atoms with van der Waals surface area (Å²) < 4.78 is 15.2. The number of rotatable bonds is 5. The molecular formula is C14H18N2O6. The molecule has 0 unspecified atom stereocenters. The number of urea groups is 1. The molecule has 0 aliphatic carbocycles. The molecule has 0 atom stereocenters. The van der Waals surface area contributed by atoms with E-state index in [0.717, 1.165) is 0 Å². The Labute approximate surface area is 127 Å². The summed E-state index contributed by atoms with van der Waals surface area (Å²) >= 11 is 0. The number of amides is 2. The lowest BCUT2D eigenvalue weighted by Gasteiger charge is -2.18. The van der Waals surface area contributed by atoms with E-state index in [1.165, 1.54) is 24.1 Å². The first-order valence-corrected chi connectivity index (χ1v) is 6.71. The van der Waals surface area contributed by atoms with E-state index >= 15 is 0 Å². The predicted octanol–water partition coefficient (Wildman–Crippen LogP) is 1.05. The molecule has 1 aliphatic rings. The molecule has 22 heavy (non-hydrogen) atoms. The monoisotopic (exact) mass is 310 g/mol. The number of nitrogens with zero attached hydrogens (tertiary/aromatic N) is 1. The highest BCUT2D eigenvalue weighted by molar-refractivity contribution is 6.01. The zero-order chi connectivity index (χ0) is 16.1. The van der Waals surface area contributed by atoms with Crippen molar-refractivity contribution in [2.45, 2.75) is 6.42 Å². The molecule has 0 aromatic heterocycles. The molecule has 1 aromatic rings. The summed E-state index contributed by atoms with van der Waals surface area (Å²) in [6.07, 6.45) is 0.467. The maximum absolute atomic E-state index is 12.1. The van der Waals surface area contributed by atoms with Crippen molar-refractivity contribution in [3.8, 4) is 11.5 Å². The Hall–Kier alpha value is -2.48. The van der Waals surface area contributed by atoms with Crippen LogP contribution in [0.2, 0.25) is 0 Å². The number of hydrogen-bond acceptors (Lipinski definition) is 6. The number of esters is 1. The van der Waals surface area contributed by atoms with Crippen molar-refractivity contribution in [3.05, 3.63) is 17.7 Å². The number of nitrogens with one attached hydrogen (secondary N) is 1. The van der Waals surface area contributed by atoms with Crippen molar-refractivity contribution in [2.24, 2.45) is 0 Å². The summed E-state index contributed by atoms with van der Waals surface area (Å²) in [4.78, 5) is 25.3. The predicted molar refractivity (Wildman–Crippen MR) is 77.3 cm³/mol. The third-order valence-corrected chi connectivity index (χ3v) is 3.16. The van der Waals surface area contributed by atoms with Crippen molar-refractivity contribution in [2.75, 3.05) is 39.4 Å². The van der Waals surface area contributed by atoms with Gasteiger partial charge in [-0.15, -0.1) is 0 Å². The van der Waals surface area contributed by atoms with Crippen LogP contribution in [-0.2, 0) is 4.74 Å². The van der Waals surface area contributed by atoms with E-state index in [1.807, 2.05) is 0 Å². The highest BCUT2D eigenvalue weighted by Gasteiger charge is 2.23. The van der Waals surface area contributed by atoms with Gasteiger partial charge < -0.3 is 29.5 Å². The van der Waals surface area contributed by atoms with Crippen LogP contribution in [0.4, 0.5) is 10.5 Å². The Bertz CT molecular complexity index is 575. The first-order valence-electron chi connectivity index (χ1n) is 6.71. The Morgan fingerprint density at radius 3 is 2.68 bits per heavy atom. The van der Waals surface area contributed by atoms with E-state index in [9.17, 15) is 9.59 Å². The van der Waals surface area contributed by atoms with Gasteiger partial charge in [-0.3, -0.25) is 0 Å². The summed E-state index contributed by atoms with van der Waals surface area (Å²) in [5, 5.41) is 11.4. The van der Waals surface area contributed by atoms with Gasteiger partial charge in [0.15, 0.2) is 11.5 Å². The standard InChI is InChI=1S/C14H18N2O6/c1-16(4-3-5-17)14(19)15-10-7-12-11(21-8-22-12)6-9(10)13(18)20-2/h6-7,17H,3-5,8H2,1-2H3,(H,15,19). The lowest BCUT2D eigenvalue weighted by atomic mass is 10.1. The molecule has 0 radical (unpaired) electrons. The van der Waals surface area contributed by atoms with E-state index in [4.69, 9.17) is 19.3 Å². The number of ether oxygens (including phenoxy) is 3. The molecule has 8 heteroatoms. The number of fused-ring (bicyclic) bond motifs is 1. The first kappa shape index (κ1) is 15.9. The van der Waals surface area contributed by atoms with Crippen LogP contribution in [0.15, 0.2) is 12.1 Å². The van der Waals surface area contributed by atoms with Gasteiger partial charge >= 0.3 is 12.0 Å². The van der Waals surface area contributed by atoms with Crippen molar-refractivity contribution in [1.82, 2.24) is 4.90 Å². The van der Waals surface area contributed by atoms with Gasteiger partial charge in [0, 0.05) is 32.3 Å². The number of methoxy groups -OCH3 is 1. The number of hydrogen-bond donors (Lipinski definition) is 2. The average molecular weight is 310 g/mol. The van der Waals surface area contributed by atoms with Gasteiger partial charge in [0.25, 0.3) is 0 Å². The molecular weight excluding hydrogens is 292 g/mol. The Morgan fingerprint density at radius 2 is 2.05 bits per heavy atom. The van der Waals surface area contributed by atoms with Crippen molar-refractivity contribution in [1.29, 1.82) is 0 Å². The second-order valence-electron chi connectivity index (χ2n) is 4.67. The minimum Gasteiger partial charge on any atom is -0.465 e. The van der Waals surface area contributed by atoms with Crippen molar-refractivity contribution < 1.29 is 28.9 Å². The minimum absolute atomic E-state index is 0.00491. The van der Waals surface area contributed by atoms with Crippen molar-refractivity contribution in [3.63, 3.8) is 0 Å². The fourth-order valence-electron chi connectivity index (χ4n) is 1.94. The number of carbonyl (C=O) groups is 2. The van der Waals surface area contributed by atoms with E-state index in [2.05, 4.69) is 5.32 Å². The van der Waals surface area contributed by atoms with Crippen LogP contribution in [0.1, 0.15) is 16.8 Å². The normalized spacial score (nSPS) is 12.0. The lowest BCUT2D eigenvalue weighted by Crippen LogP contribution is -2.33. The fourth-order valence-corrected chi connectivity index (χ4v) is 1.94. The summed E-state index contributed by atoms with van der Waals surface area (Å²) in [7, 11) is 2.85. The second-order valence-corrected chi connectivity index (χ2v) is 4.67. The molecule has 0 fully saturated rings. The number of aliphatic hydroxyl groups is 1. The molecule has 120 valence electrons.